The third kappa shape index (κ3) is 2.01. The van der Waals surface area contributed by atoms with Gasteiger partial charge in [-0.05, 0) is 17.7 Å². The number of carboxylic acid groups (broad SMARTS) is 1. The maximum Gasteiger partial charge on any atom is 0.354 e. The van der Waals surface area contributed by atoms with Gasteiger partial charge in [0.1, 0.15) is 17.5 Å². The van der Waals surface area contributed by atoms with E-state index in [0.717, 1.165) is 5.39 Å². The summed E-state index contributed by atoms with van der Waals surface area (Å²) < 4.78 is 1.46. The van der Waals surface area contributed by atoms with E-state index in [1.54, 1.807) is 25.4 Å². The Morgan fingerprint density at radius 3 is 2.81 bits per heavy atom. The summed E-state index contributed by atoms with van der Waals surface area (Å²) in [6.45, 7) is 0. The Morgan fingerprint density at radius 1 is 1.33 bits per heavy atom. The van der Waals surface area contributed by atoms with Crippen LogP contribution in [0.25, 0.3) is 22.0 Å². The van der Waals surface area contributed by atoms with Crippen LogP contribution < -0.4 is 0 Å². The summed E-state index contributed by atoms with van der Waals surface area (Å²) in [7, 11) is 1.67. The highest BCUT2D eigenvalue weighted by Gasteiger charge is 2.16. The number of aryl methyl sites for hydroxylation is 1. The summed E-state index contributed by atoms with van der Waals surface area (Å²) in [6, 6.07) is 10.8. The predicted octanol–water partition coefficient (Wildman–Crippen LogP) is 2.21. The number of carbonyl (C=O) groups is 1. The lowest BCUT2D eigenvalue weighted by molar-refractivity contribution is 0.0691. The molecule has 0 unspecified atom stereocenters. The molecule has 0 saturated carbocycles. The van der Waals surface area contributed by atoms with Gasteiger partial charge in [-0.2, -0.15) is 10.4 Å². The van der Waals surface area contributed by atoms with Crippen molar-refractivity contribution in [3.05, 3.63) is 47.9 Å². The van der Waals surface area contributed by atoms with Crippen LogP contribution in [0, 0.1) is 11.3 Å². The fourth-order valence-corrected chi connectivity index (χ4v) is 2.28. The van der Waals surface area contributed by atoms with Crippen LogP contribution in [0.5, 0.6) is 0 Å². The first kappa shape index (κ1) is 12.8. The first-order valence-corrected chi connectivity index (χ1v) is 6.17. The normalized spacial score (nSPS) is 10.5. The molecule has 0 aliphatic carbocycles. The molecule has 3 rings (SSSR count). The van der Waals surface area contributed by atoms with Gasteiger partial charge >= 0.3 is 5.97 Å². The van der Waals surface area contributed by atoms with E-state index in [0.29, 0.717) is 22.3 Å². The van der Waals surface area contributed by atoms with E-state index in [1.165, 1.54) is 10.7 Å². The maximum atomic E-state index is 11.2. The number of para-hydroxylation sites is 1. The Balaban J connectivity index is 2.40. The van der Waals surface area contributed by atoms with Crippen molar-refractivity contribution in [2.24, 2.45) is 7.05 Å². The third-order valence-electron chi connectivity index (χ3n) is 3.27. The van der Waals surface area contributed by atoms with E-state index < -0.39 is 5.97 Å². The SMILES string of the molecule is Cn1ncc(-c2cc(C(=O)O)nc3ccccc23)c1C#N. The average molecular weight is 278 g/mol. The molecule has 0 aliphatic rings. The molecular weight excluding hydrogens is 268 g/mol. The molecule has 0 aliphatic heterocycles. The quantitative estimate of drug-likeness (QED) is 0.775. The van der Waals surface area contributed by atoms with Gasteiger partial charge in [-0.25, -0.2) is 9.78 Å². The summed E-state index contributed by atoms with van der Waals surface area (Å²) in [5.41, 5.74) is 2.13. The third-order valence-corrected chi connectivity index (χ3v) is 3.27. The number of fused-ring (bicyclic) bond motifs is 1. The van der Waals surface area contributed by atoms with Crippen LogP contribution in [0.3, 0.4) is 0 Å². The van der Waals surface area contributed by atoms with Crippen molar-refractivity contribution in [2.45, 2.75) is 0 Å². The van der Waals surface area contributed by atoms with Crippen LogP contribution in [-0.4, -0.2) is 25.8 Å². The minimum absolute atomic E-state index is 0.0588. The van der Waals surface area contributed by atoms with Crippen LogP contribution in [0.4, 0.5) is 0 Å². The Hall–Kier alpha value is -3.20. The molecule has 3 aromatic rings. The van der Waals surface area contributed by atoms with E-state index in [2.05, 4.69) is 16.2 Å². The number of aromatic nitrogens is 3. The topological polar surface area (TPSA) is 91.8 Å². The van der Waals surface area contributed by atoms with Crippen LogP contribution in [0.1, 0.15) is 16.2 Å². The van der Waals surface area contributed by atoms with E-state index >= 15 is 0 Å². The van der Waals surface area contributed by atoms with E-state index in [9.17, 15) is 15.2 Å². The molecule has 0 radical (unpaired) electrons. The van der Waals surface area contributed by atoms with Gasteiger partial charge in [0.15, 0.2) is 0 Å². The molecule has 0 atom stereocenters. The number of hydrogen-bond donors (Lipinski definition) is 1. The number of nitrogens with zero attached hydrogens (tertiary/aromatic N) is 4. The number of rotatable bonds is 2. The molecule has 2 heterocycles. The van der Waals surface area contributed by atoms with Crippen LogP contribution in [0.2, 0.25) is 0 Å². The largest absolute Gasteiger partial charge is 0.477 e. The summed E-state index contributed by atoms with van der Waals surface area (Å²) in [5, 5.41) is 23.3. The van der Waals surface area contributed by atoms with Crippen molar-refractivity contribution < 1.29 is 9.90 Å². The number of benzene rings is 1. The zero-order valence-corrected chi connectivity index (χ0v) is 11.1. The second kappa shape index (κ2) is 4.72. The number of aromatic carboxylic acids is 1. The van der Waals surface area contributed by atoms with Gasteiger partial charge in [0.2, 0.25) is 0 Å². The van der Waals surface area contributed by atoms with Gasteiger partial charge in [-0.15, -0.1) is 0 Å². The minimum atomic E-state index is -1.11. The highest BCUT2D eigenvalue weighted by Crippen LogP contribution is 2.30. The van der Waals surface area contributed by atoms with Gasteiger partial charge in [0.25, 0.3) is 0 Å². The van der Waals surface area contributed by atoms with Crippen molar-refractivity contribution in [3.63, 3.8) is 0 Å². The molecule has 0 bridgehead atoms. The lowest BCUT2D eigenvalue weighted by Crippen LogP contribution is -2.01. The van der Waals surface area contributed by atoms with E-state index in [4.69, 9.17) is 0 Å². The highest BCUT2D eigenvalue weighted by atomic mass is 16.4. The molecule has 2 aromatic heterocycles. The first-order valence-electron chi connectivity index (χ1n) is 6.17. The molecule has 1 aromatic carbocycles. The number of hydrogen-bond acceptors (Lipinski definition) is 4. The molecule has 0 amide bonds. The van der Waals surface area contributed by atoms with Crippen molar-refractivity contribution in [2.75, 3.05) is 0 Å². The lowest BCUT2D eigenvalue weighted by Gasteiger charge is -2.07. The predicted molar refractivity (Wildman–Crippen MR) is 75.6 cm³/mol. The van der Waals surface area contributed by atoms with Crippen molar-refractivity contribution in [3.8, 4) is 17.2 Å². The van der Waals surface area contributed by atoms with E-state index in [1.807, 2.05) is 12.1 Å². The monoisotopic (exact) mass is 278 g/mol. The Morgan fingerprint density at radius 2 is 2.10 bits per heavy atom. The van der Waals surface area contributed by atoms with Crippen LogP contribution in [0.15, 0.2) is 36.5 Å². The molecule has 1 N–H and O–H groups in total. The number of carboxylic acids is 1. The molecule has 6 heteroatoms. The maximum absolute atomic E-state index is 11.2. The van der Waals surface area contributed by atoms with Crippen molar-refractivity contribution in [1.82, 2.24) is 14.8 Å². The second-order valence-electron chi connectivity index (χ2n) is 4.52. The summed E-state index contributed by atoms with van der Waals surface area (Å²) in [4.78, 5) is 15.4. The number of pyridine rings is 1. The molecule has 0 spiro atoms. The summed E-state index contributed by atoms with van der Waals surface area (Å²) >= 11 is 0. The zero-order valence-electron chi connectivity index (χ0n) is 11.1. The molecule has 21 heavy (non-hydrogen) atoms. The lowest BCUT2D eigenvalue weighted by atomic mass is 10.0. The fraction of sp³-hybridized carbons (Fsp3) is 0.0667. The Labute approximate surface area is 119 Å². The van der Waals surface area contributed by atoms with Crippen LogP contribution >= 0.6 is 0 Å². The highest BCUT2D eigenvalue weighted by molar-refractivity contribution is 5.99. The first-order chi connectivity index (χ1) is 10.1. The van der Waals surface area contributed by atoms with Crippen molar-refractivity contribution in [1.29, 1.82) is 5.26 Å². The molecular formula is C15H10N4O2. The van der Waals surface area contributed by atoms with Gasteiger partial charge in [-0.3, -0.25) is 4.68 Å². The zero-order chi connectivity index (χ0) is 15.0. The van der Waals surface area contributed by atoms with Gasteiger partial charge in [0, 0.05) is 18.0 Å². The minimum Gasteiger partial charge on any atom is -0.477 e. The average Bonchev–Trinajstić information content (AvgIpc) is 2.86. The fourth-order valence-electron chi connectivity index (χ4n) is 2.28. The molecule has 6 nitrogen and oxygen atoms in total. The smallest absolute Gasteiger partial charge is 0.354 e. The molecule has 0 fully saturated rings. The van der Waals surface area contributed by atoms with Gasteiger partial charge in [0.05, 0.1) is 11.7 Å². The van der Waals surface area contributed by atoms with Gasteiger partial charge in [-0.1, -0.05) is 18.2 Å². The Kier molecular flexibility index (Phi) is 2.88. The molecule has 0 saturated heterocycles. The number of nitriles is 1. The van der Waals surface area contributed by atoms with Crippen molar-refractivity contribution >= 4 is 16.9 Å². The standard InChI is InChI=1S/C15H10N4O2/c1-19-14(7-16)11(8-17-19)10-6-13(15(20)21)18-12-5-3-2-4-9(10)12/h2-6,8H,1H3,(H,20,21). The summed E-state index contributed by atoms with van der Waals surface area (Å²) in [6.07, 6.45) is 1.56. The van der Waals surface area contributed by atoms with Crippen LogP contribution in [-0.2, 0) is 7.05 Å². The Bertz CT molecular complexity index is 906. The van der Waals surface area contributed by atoms with Gasteiger partial charge < -0.3 is 5.11 Å². The van der Waals surface area contributed by atoms with E-state index in [-0.39, 0.29) is 5.69 Å². The summed E-state index contributed by atoms with van der Waals surface area (Å²) in [5.74, 6) is -1.11. The second-order valence-corrected chi connectivity index (χ2v) is 4.52. The molecule has 102 valence electrons.